The molecular formula is C29H34FN3O5S. The number of carbonyl (C=O) groups excluding carboxylic acids is 2. The number of carbonyl (C=O) groups is 2. The molecule has 0 spiro atoms. The molecule has 3 aromatic rings. The Labute approximate surface area is 229 Å². The summed E-state index contributed by atoms with van der Waals surface area (Å²) in [6.07, 6.45) is 1.03. The van der Waals surface area contributed by atoms with E-state index in [9.17, 15) is 22.4 Å². The van der Waals surface area contributed by atoms with Gasteiger partial charge in [0.15, 0.2) is 0 Å². The molecule has 3 rings (SSSR count). The molecule has 2 amide bonds. The molecule has 1 unspecified atom stereocenters. The van der Waals surface area contributed by atoms with Crippen molar-refractivity contribution in [3.05, 3.63) is 90.2 Å². The minimum atomic E-state index is -4.20. The van der Waals surface area contributed by atoms with Crippen molar-refractivity contribution in [2.75, 3.05) is 24.5 Å². The van der Waals surface area contributed by atoms with Crippen LogP contribution >= 0.6 is 0 Å². The molecule has 0 heterocycles. The molecule has 1 atom stereocenters. The molecule has 0 aliphatic heterocycles. The van der Waals surface area contributed by atoms with E-state index in [4.69, 9.17) is 4.74 Å². The summed E-state index contributed by atoms with van der Waals surface area (Å²) in [4.78, 5) is 28.4. The Hall–Kier alpha value is -3.92. The predicted molar refractivity (Wildman–Crippen MR) is 148 cm³/mol. The number of ether oxygens (including phenoxy) is 1. The zero-order chi connectivity index (χ0) is 28.4. The first-order valence-corrected chi connectivity index (χ1v) is 14.2. The molecule has 0 radical (unpaired) electrons. The molecule has 10 heteroatoms. The van der Waals surface area contributed by atoms with Gasteiger partial charge in [0.2, 0.25) is 11.8 Å². The molecule has 0 aliphatic carbocycles. The zero-order valence-corrected chi connectivity index (χ0v) is 23.2. The lowest BCUT2D eigenvalue weighted by molar-refractivity contribution is -0.140. The number of hydrogen-bond donors (Lipinski definition) is 1. The Morgan fingerprint density at radius 3 is 2.28 bits per heavy atom. The van der Waals surface area contributed by atoms with E-state index in [1.807, 2.05) is 6.92 Å². The molecule has 3 aromatic carbocycles. The number of rotatable bonds is 13. The molecule has 0 saturated heterocycles. The number of benzene rings is 3. The van der Waals surface area contributed by atoms with Crippen molar-refractivity contribution >= 4 is 27.5 Å². The fourth-order valence-corrected chi connectivity index (χ4v) is 5.54. The van der Waals surface area contributed by atoms with Gasteiger partial charge >= 0.3 is 0 Å². The fourth-order valence-electron chi connectivity index (χ4n) is 4.11. The Kier molecular flexibility index (Phi) is 10.4. The Bertz CT molecular complexity index is 1350. The first-order valence-electron chi connectivity index (χ1n) is 12.7. The van der Waals surface area contributed by atoms with Crippen molar-refractivity contribution in [3.8, 4) is 5.75 Å². The fraction of sp³-hybridized carbons (Fsp3) is 0.310. The van der Waals surface area contributed by atoms with E-state index >= 15 is 0 Å². The van der Waals surface area contributed by atoms with Crippen LogP contribution in [-0.2, 0) is 26.2 Å². The van der Waals surface area contributed by atoms with Gasteiger partial charge in [0.25, 0.3) is 10.0 Å². The second-order valence-corrected chi connectivity index (χ2v) is 10.8. The van der Waals surface area contributed by atoms with Gasteiger partial charge in [-0.1, -0.05) is 44.2 Å². The van der Waals surface area contributed by atoms with Crippen LogP contribution < -0.4 is 14.4 Å². The first-order chi connectivity index (χ1) is 18.7. The third-order valence-corrected chi connectivity index (χ3v) is 7.93. The predicted octanol–water partition coefficient (Wildman–Crippen LogP) is 4.36. The normalized spacial score (nSPS) is 11.9. The number of halogens is 1. The van der Waals surface area contributed by atoms with E-state index in [0.717, 1.165) is 22.9 Å². The largest absolute Gasteiger partial charge is 0.497 e. The number of nitrogens with zero attached hydrogens (tertiary/aromatic N) is 2. The Morgan fingerprint density at radius 1 is 0.974 bits per heavy atom. The third-order valence-electron chi connectivity index (χ3n) is 6.15. The average molecular weight is 556 g/mol. The molecule has 208 valence electrons. The van der Waals surface area contributed by atoms with E-state index < -0.39 is 34.3 Å². The molecule has 1 N–H and O–H groups in total. The highest BCUT2D eigenvalue weighted by Crippen LogP contribution is 2.25. The second kappa shape index (κ2) is 13.7. The third kappa shape index (κ3) is 7.57. The number of sulfonamides is 1. The highest BCUT2D eigenvalue weighted by Gasteiger charge is 2.33. The van der Waals surface area contributed by atoms with Crippen molar-refractivity contribution in [2.24, 2.45) is 0 Å². The molecular weight excluding hydrogens is 521 g/mol. The summed E-state index contributed by atoms with van der Waals surface area (Å²) in [6, 6.07) is 18.8. The van der Waals surface area contributed by atoms with Gasteiger partial charge in [-0.2, -0.15) is 0 Å². The number of hydrogen-bond acceptors (Lipinski definition) is 5. The van der Waals surface area contributed by atoms with Gasteiger partial charge in [0.1, 0.15) is 24.2 Å². The van der Waals surface area contributed by atoms with Gasteiger partial charge in [-0.05, 0) is 66.9 Å². The highest BCUT2D eigenvalue weighted by molar-refractivity contribution is 7.92. The van der Waals surface area contributed by atoms with Crippen LogP contribution in [0, 0.1) is 5.82 Å². The minimum Gasteiger partial charge on any atom is -0.497 e. The van der Waals surface area contributed by atoms with E-state index in [-0.39, 0.29) is 23.0 Å². The topological polar surface area (TPSA) is 96.0 Å². The summed E-state index contributed by atoms with van der Waals surface area (Å²) >= 11 is 0. The van der Waals surface area contributed by atoms with Gasteiger partial charge in [0.05, 0.1) is 17.7 Å². The van der Waals surface area contributed by atoms with Gasteiger partial charge in [-0.25, -0.2) is 12.8 Å². The maximum atomic E-state index is 13.9. The van der Waals surface area contributed by atoms with E-state index in [2.05, 4.69) is 5.32 Å². The molecule has 8 nitrogen and oxygen atoms in total. The van der Waals surface area contributed by atoms with Gasteiger partial charge < -0.3 is 15.0 Å². The van der Waals surface area contributed by atoms with E-state index in [1.165, 1.54) is 36.3 Å². The van der Waals surface area contributed by atoms with Crippen LogP contribution in [-0.4, -0.2) is 51.4 Å². The summed E-state index contributed by atoms with van der Waals surface area (Å²) in [5.74, 6) is -0.863. The van der Waals surface area contributed by atoms with Crippen molar-refractivity contribution < 1.29 is 27.1 Å². The zero-order valence-electron chi connectivity index (χ0n) is 22.3. The Balaban J connectivity index is 2.04. The molecule has 0 aliphatic rings. The van der Waals surface area contributed by atoms with Crippen molar-refractivity contribution in [1.82, 2.24) is 10.2 Å². The van der Waals surface area contributed by atoms with Gasteiger partial charge in [-0.3, -0.25) is 13.9 Å². The van der Waals surface area contributed by atoms with Gasteiger partial charge in [-0.15, -0.1) is 0 Å². The summed E-state index contributed by atoms with van der Waals surface area (Å²) in [6.45, 7) is 3.62. The SMILES string of the molecule is CCCNC(=O)C(CC)N(Cc1cccc(OC)c1)C(=O)CN(c1ccc(F)cc1)S(=O)(=O)c1ccccc1. The van der Waals surface area contributed by atoms with Crippen LogP contribution in [0.25, 0.3) is 0 Å². The van der Waals surface area contributed by atoms with E-state index in [1.54, 1.807) is 49.4 Å². The molecule has 0 saturated carbocycles. The average Bonchev–Trinajstić information content (AvgIpc) is 2.95. The number of amides is 2. The number of nitrogens with one attached hydrogen (secondary N) is 1. The number of anilines is 1. The summed E-state index contributed by atoms with van der Waals surface area (Å²) in [5.41, 5.74) is 0.835. The number of methoxy groups -OCH3 is 1. The van der Waals surface area contributed by atoms with Crippen molar-refractivity contribution in [1.29, 1.82) is 0 Å². The second-order valence-electron chi connectivity index (χ2n) is 8.89. The lowest BCUT2D eigenvalue weighted by Gasteiger charge is -2.33. The molecule has 0 fully saturated rings. The van der Waals surface area contributed by atoms with Gasteiger partial charge in [0, 0.05) is 13.1 Å². The lowest BCUT2D eigenvalue weighted by Crippen LogP contribution is -2.52. The highest BCUT2D eigenvalue weighted by atomic mass is 32.2. The quantitative estimate of drug-likeness (QED) is 0.338. The van der Waals surface area contributed by atoms with Crippen molar-refractivity contribution in [3.63, 3.8) is 0 Å². The summed E-state index contributed by atoms with van der Waals surface area (Å²) < 4.78 is 47.4. The van der Waals surface area contributed by atoms with Crippen LogP contribution in [0.15, 0.2) is 83.8 Å². The van der Waals surface area contributed by atoms with Crippen LogP contribution in [0.5, 0.6) is 5.75 Å². The maximum Gasteiger partial charge on any atom is 0.264 e. The minimum absolute atomic E-state index is 0.0193. The van der Waals surface area contributed by atoms with Crippen LogP contribution in [0.1, 0.15) is 32.3 Å². The van der Waals surface area contributed by atoms with E-state index in [0.29, 0.717) is 24.3 Å². The smallest absolute Gasteiger partial charge is 0.264 e. The standard InChI is InChI=1S/C29H34FN3O5S/c1-4-18-31-29(35)27(5-2)32(20-22-10-9-11-25(19-22)38-3)28(34)21-33(24-16-14-23(30)15-17-24)39(36,37)26-12-7-6-8-13-26/h6-17,19,27H,4-5,18,20-21H2,1-3H3,(H,31,35). The first kappa shape index (κ1) is 29.6. The molecule has 0 aromatic heterocycles. The van der Waals surface area contributed by atoms with Crippen LogP contribution in [0.4, 0.5) is 10.1 Å². The molecule has 0 bridgehead atoms. The van der Waals surface area contributed by atoms with Crippen molar-refractivity contribution in [2.45, 2.75) is 44.2 Å². The lowest BCUT2D eigenvalue weighted by atomic mass is 10.1. The maximum absolute atomic E-state index is 13.9. The Morgan fingerprint density at radius 2 is 1.67 bits per heavy atom. The summed E-state index contributed by atoms with van der Waals surface area (Å²) in [5, 5.41) is 2.84. The van der Waals surface area contributed by atoms with Crippen LogP contribution in [0.3, 0.4) is 0 Å². The monoisotopic (exact) mass is 555 g/mol. The van der Waals surface area contributed by atoms with Crippen LogP contribution in [0.2, 0.25) is 0 Å². The summed E-state index contributed by atoms with van der Waals surface area (Å²) in [7, 11) is -2.67. The molecule has 39 heavy (non-hydrogen) atoms.